The lowest BCUT2D eigenvalue weighted by Gasteiger charge is -2.22. The number of carbonyl (C=O) groups excluding carboxylic acids is 1. The molecule has 7 nitrogen and oxygen atoms in total. The molecule has 1 aromatic heterocycles. The molecule has 2 aromatic rings. The van der Waals surface area contributed by atoms with E-state index in [2.05, 4.69) is 5.16 Å². The molecule has 0 atom stereocenters. The third-order valence-electron chi connectivity index (χ3n) is 4.73. The minimum Gasteiger partial charge on any atom is -0.360 e. The first-order valence-electron chi connectivity index (χ1n) is 8.70. The summed E-state index contributed by atoms with van der Waals surface area (Å²) in [6.45, 7) is 5.87. The zero-order valence-electron chi connectivity index (χ0n) is 15.5. The number of amides is 1. The van der Waals surface area contributed by atoms with Crippen LogP contribution in [0, 0.1) is 26.6 Å². The Morgan fingerprint density at radius 2 is 1.89 bits per heavy atom. The Balaban J connectivity index is 1.77. The van der Waals surface area contributed by atoms with E-state index in [4.69, 9.17) is 4.52 Å². The van der Waals surface area contributed by atoms with Crippen LogP contribution in [-0.4, -0.2) is 54.9 Å². The van der Waals surface area contributed by atoms with Crippen LogP contribution in [0.4, 0.5) is 4.39 Å². The SMILES string of the molecule is Cc1ccc(C(=O)N2CCCN(S(=O)(=O)c3c(C)noc3C)CC2)cc1F. The molecule has 0 saturated carbocycles. The van der Waals surface area contributed by atoms with Gasteiger partial charge in [-0.05, 0) is 44.9 Å². The second-order valence-corrected chi connectivity index (χ2v) is 8.54. The van der Waals surface area contributed by atoms with Crippen molar-refractivity contribution in [2.45, 2.75) is 32.1 Å². The fourth-order valence-corrected chi connectivity index (χ4v) is 4.98. The van der Waals surface area contributed by atoms with Gasteiger partial charge in [0.25, 0.3) is 5.91 Å². The summed E-state index contributed by atoms with van der Waals surface area (Å²) in [6.07, 6.45) is 0.489. The Labute approximate surface area is 157 Å². The largest absolute Gasteiger partial charge is 0.360 e. The summed E-state index contributed by atoms with van der Waals surface area (Å²) >= 11 is 0. The van der Waals surface area contributed by atoms with Crippen molar-refractivity contribution in [2.24, 2.45) is 0 Å². The Hall–Kier alpha value is -2.26. The normalized spacial score (nSPS) is 16.4. The summed E-state index contributed by atoms with van der Waals surface area (Å²) in [6, 6.07) is 4.37. The lowest BCUT2D eigenvalue weighted by Crippen LogP contribution is -2.37. The van der Waals surface area contributed by atoms with Crippen LogP contribution in [0.5, 0.6) is 0 Å². The van der Waals surface area contributed by atoms with Gasteiger partial charge in [0.15, 0.2) is 5.76 Å². The molecular weight excluding hydrogens is 373 g/mol. The molecule has 0 unspecified atom stereocenters. The van der Waals surface area contributed by atoms with E-state index in [1.165, 1.54) is 10.4 Å². The smallest absolute Gasteiger partial charge is 0.254 e. The van der Waals surface area contributed by atoms with Crippen molar-refractivity contribution in [2.75, 3.05) is 26.2 Å². The maximum absolute atomic E-state index is 13.8. The van der Waals surface area contributed by atoms with Gasteiger partial charge >= 0.3 is 0 Å². The standard InChI is InChI=1S/C18H22FN3O4S/c1-12-5-6-15(11-16(12)19)18(23)21-7-4-8-22(10-9-21)27(24,25)17-13(2)20-26-14(17)3/h5-6,11H,4,7-10H2,1-3H3. The number of sulfonamides is 1. The van der Waals surface area contributed by atoms with Gasteiger partial charge in [-0.25, -0.2) is 12.8 Å². The second-order valence-electron chi connectivity index (χ2n) is 6.67. The van der Waals surface area contributed by atoms with E-state index in [1.54, 1.807) is 37.8 Å². The molecule has 9 heteroatoms. The molecule has 1 aliphatic heterocycles. The van der Waals surface area contributed by atoms with Gasteiger partial charge in [0.2, 0.25) is 10.0 Å². The Kier molecular flexibility index (Phi) is 5.34. The van der Waals surface area contributed by atoms with E-state index in [0.29, 0.717) is 30.8 Å². The van der Waals surface area contributed by atoms with Gasteiger partial charge in [0.05, 0.1) is 0 Å². The summed E-state index contributed by atoms with van der Waals surface area (Å²) in [5.41, 5.74) is 1.05. The molecule has 0 spiro atoms. The molecular formula is C18H22FN3O4S. The van der Waals surface area contributed by atoms with Crippen LogP contribution in [0.2, 0.25) is 0 Å². The van der Waals surface area contributed by atoms with Crippen LogP contribution >= 0.6 is 0 Å². The fourth-order valence-electron chi connectivity index (χ4n) is 3.22. The van der Waals surface area contributed by atoms with Gasteiger partial charge in [-0.3, -0.25) is 4.79 Å². The molecule has 146 valence electrons. The summed E-state index contributed by atoms with van der Waals surface area (Å²) in [7, 11) is -3.75. The second kappa shape index (κ2) is 7.40. The third-order valence-corrected chi connectivity index (χ3v) is 6.87. The number of hydrogen-bond donors (Lipinski definition) is 0. The third kappa shape index (κ3) is 3.74. The average molecular weight is 395 g/mol. The van der Waals surface area contributed by atoms with Gasteiger partial charge in [-0.1, -0.05) is 11.2 Å². The minimum absolute atomic E-state index is 0.0860. The molecule has 3 rings (SSSR count). The highest BCUT2D eigenvalue weighted by Gasteiger charge is 2.33. The van der Waals surface area contributed by atoms with E-state index in [9.17, 15) is 17.6 Å². The van der Waals surface area contributed by atoms with Crippen LogP contribution < -0.4 is 0 Å². The number of halogens is 1. The number of carbonyl (C=O) groups is 1. The van der Waals surface area contributed by atoms with Crippen LogP contribution in [0.25, 0.3) is 0 Å². The Morgan fingerprint density at radius 1 is 1.15 bits per heavy atom. The lowest BCUT2D eigenvalue weighted by molar-refractivity contribution is 0.0763. The number of nitrogens with zero attached hydrogens (tertiary/aromatic N) is 3. The van der Waals surface area contributed by atoms with Crippen molar-refractivity contribution >= 4 is 15.9 Å². The van der Waals surface area contributed by atoms with Crippen molar-refractivity contribution < 1.29 is 22.1 Å². The molecule has 0 radical (unpaired) electrons. The van der Waals surface area contributed by atoms with E-state index in [1.807, 2.05) is 0 Å². The maximum Gasteiger partial charge on any atom is 0.254 e. The van der Waals surface area contributed by atoms with Gasteiger partial charge in [0.1, 0.15) is 16.4 Å². The summed E-state index contributed by atoms with van der Waals surface area (Å²) in [5, 5.41) is 3.72. The maximum atomic E-state index is 13.8. The molecule has 1 fully saturated rings. The highest BCUT2D eigenvalue weighted by atomic mass is 32.2. The monoisotopic (exact) mass is 395 g/mol. The number of benzene rings is 1. The zero-order chi connectivity index (χ0) is 19.8. The highest BCUT2D eigenvalue weighted by molar-refractivity contribution is 7.89. The van der Waals surface area contributed by atoms with Crippen LogP contribution in [0.15, 0.2) is 27.6 Å². The first-order chi connectivity index (χ1) is 12.7. The molecule has 1 aliphatic rings. The van der Waals surface area contributed by atoms with E-state index in [0.717, 1.165) is 0 Å². The molecule has 27 heavy (non-hydrogen) atoms. The molecule has 1 aromatic carbocycles. The lowest BCUT2D eigenvalue weighted by atomic mass is 10.1. The van der Waals surface area contributed by atoms with Crippen LogP contribution in [0.1, 0.15) is 33.8 Å². The van der Waals surface area contributed by atoms with Gasteiger partial charge in [-0.2, -0.15) is 4.31 Å². The molecule has 2 heterocycles. The summed E-state index contributed by atoms with van der Waals surface area (Å²) in [4.78, 5) is 14.3. The summed E-state index contributed by atoms with van der Waals surface area (Å²) in [5.74, 6) is -0.483. The minimum atomic E-state index is -3.75. The average Bonchev–Trinajstić information content (AvgIpc) is 2.83. The molecule has 1 amide bonds. The van der Waals surface area contributed by atoms with E-state index in [-0.39, 0.29) is 35.2 Å². The van der Waals surface area contributed by atoms with E-state index >= 15 is 0 Å². The highest BCUT2D eigenvalue weighted by Crippen LogP contribution is 2.24. The fraction of sp³-hybridized carbons (Fsp3) is 0.444. The molecule has 0 aliphatic carbocycles. The quantitative estimate of drug-likeness (QED) is 0.796. The zero-order valence-corrected chi connectivity index (χ0v) is 16.3. The van der Waals surface area contributed by atoms with Crippen molar-refractivity contribution in [1.29, 1.82) is 0 Å². The van der Waals surface area contributed by atoms with Crippen LogP contribution in [0.3, 0.4) is 0 Å². The number of aryl methyl sites for hydroxylation is 3. The van der Waals surface area contributed by atoms with Crippen molar-refractivity contribution in [3.8, 4) is 0 Å². The first kappa shape index (κ1) is 19.5. The predicted octanol–water partition coefficient (Wildman–Crippen LogP) is 2.28. The topological polar surface area (TPSA) is 83.7 Å². The predicted molar refractivity (Wildman–Crippen MR) is 96.4 cm³/mol. The number of rotatable bonds is 3. The Morgan fingerprint density at radius 3 is 2.52 bits per heavy atom. The number of hydrogen-bond acceptors (Lipinski definition) is 5. The van der Waals surface area contributed by atoms with Gasteiger partial charge < -0.3 is 9.42 Å². The molecule has 1 saturated heterocycles. The molecule has 0 N–H and O–H groups in total. The Bertz CT molecular complexity index is 951. The van der Waals surface area contributed by atoms with E-state index < -0.39 is 15.8 Å². The van der Waals surface area contributed by atoms with Gasteiger partial charge in [-0.15, -0.1) is 0 Å². The van der Waals surface area contributed by atoms with Crippen molar-refractivity contribution in [3.63, 3.8) is 0 Å². The van der Waals surface area contributed by atoms with Crippen molar-refractivity contribution in [1.82, 2.24) is 14.4 Å². The van der Waals surface area contributed by atoms with Crippen LogP contribution in [-0.2, 0) is 10.0 Å². The van der Waals surface area contributed by atoms with Crippen molar-refractivity contribution in [3.05, 3.63) is 46.6 Å². The first-order valence-corrected chi connectivity index (χ1v) is 10.1. The number of aromatic nitrogens is 1. The summed E-state index contributed by atoms with van der Waals surface area (Å²) < 4.78 is 46.0. The van der Waals surface area contributed by atoms with Gasteiger partial charge in [0, 0.05) is 31.7 Å². The molecule has 0 bridgehead atoms.